The first-order valence-corrected chi connectivity index (χ1v) is 19.1. The largest absolute Gasteiger partial charge is 0.433 e. The second kappa shape index (κ2) is 14.7. The topological polar surface area (TPSA) is 152 Å². The minimum absolute atomic E-state index is 0.112. The molecule has 8 rings (SSSR count). The van der Waals surface area contributed by atoms with Crippen LogP contribution in [0.4, 0.5) is 29.1 Å². The number of fused-ring (bicyclic) bond motifs is 2. The molecule has 5 aromatic rings. The number of aromatic nitrogens is 6. The van der Waals surface area contributed by atoms with Crippen LogP contribution in [-0.2, 0) is 22.8 Å². The first kappa shape index (κ1) is 38.2. The molecule has 3 aliphatic rings. The quantitative estimate of drug-likeness (QED) is 0.161. The SMILES string of the molecule is CN(CC1(F)CCN(c2cccc3c2n(C)c(=O)n3C2CCC(=O)NC2=O)CC1)C1CCC(n2cc3cc(NC(=O)c4cccc(C(F)(F)F)n4)ncc3n2)CC1. The summed E-state index contributed by atoms with van der Waals surface area (Å²) in [6, 6.07) is 9.83. The summed E-state index contributed by atoms with van der Waals surface area (Å²) in [5.74, 6) is -1.49. The molecule has 1 aliphatic carbocycles. The maximum absolute atomic E-state index is 16.5. The first-order valence-electron chi connectivity index (χ1n) is 19.1. The molecular weight excluding hydrogens is 748 g/mol. The van der Waals surface area contributed by atoms with Crippen LogP contribution < -0.4 is 21.2 Å². The maximum atomic E-state index is 16.5. The lowest BCUT2D eigenvalue weighted by molar-refractivity contribution is -0.141. The number of carbonyl (C=O) groups is 3. The number of imidazole rings is 1. The van der Waals surface area contributed by atoms with Crippen LogP contribution in [-0.4, -0.2) is 89.9 Å². The van der Waals surface area contributed by atoms with Crippen molar-refractivity contribution in [1.82, 2.24) is 39.1 Å². The molecule has 0 spiro atoms. The van der Waals surface area contributed by atoms with Crippen LogP contribution >= 0.6 is 0 Å². The van der Waals surface area contributed by atoms with E-state index in [1.807, 2.05) is 30.1 Å². The summed E-state index contributed by atoms with van der Waals surface area (Å²) in [6.45, 7) is 1.22. The molecule has 0 bridgehead atoms. The molecule has 6 heterocycles. The van der Waals surface area contributed by atoms with Gasteiger partial charge in [-0.05, 0) is 69.5 Å². The molecule has 57 heavy (non-hydrogen) atoms. The van der Waals surface area contributed by atoms with E-state index in [1.165, 1.54) is 21.4 Å². The number of carbonyl (C=O) groups excluding carboxylic acids is 3. The number of anilines is 2. The molecule has 300 valence electrons. The molecule has 0 radical (unpaired) electrons. The third-order valence-corrected chi connectivity index (χ3v) is 11.7. The van der Waals surface area contributed by atoms with E-state index < -0.39 is 35.4 Å². The Morgan fingerprint density at radius 1 is 1.04 bits per heavy atom. The fourth-order valence-electron chi connectivity index (χ4n) is 8.65. The van der Waals surface area contributed by atoms with Gasteiger partial charge in [-0.15, -0.1) is 0 Å². The smallest absolute Gasteiger partial charge is 0.370 e. The number of hydrogen-bond acceptors (Lipinski definition) is 9. The van der Waals surface area contributed by atoms with Crippen LogP contribution in [0.15, 0.2) is 59.7 Å². The third-order valence-electron chi connectivity index (χ3n) is 11.7. The van der Waals surface area contributed by atoms with Gasteiger partial charge >= 0.3 is 11.9 Å². The van der Waals surface area contributed by atoms with E-state index >= 15 is 4.39 Å². The van der Waals surface area contributed by atoms with E-state index in [-0.39, 0.29) is 48.0 Å². The van der Waals surface area contributed by atoms with Crippen molar-refractivity contribution >= 4 is 51.2 Å². The normalized spacial score (nSPS) is 21.7. The maximum Gasteiger partial charge on any atom is 0.433 e. The predicted octanol–water partition coefficient (Wildman–Crippen LogP) is 5.15. The van der Waals surface area contributed by atoms with Crippen molar-refractivity contribution in [2.75, 3.05) is 36.9 Å². The van der Waals surface area contributed by atoms with E-state index in [1.54, 1.807) is 19.2 Å². The van der Waals surface area contributed by atoms with E-state index in [0.717, 1.165) is 43.5 Å². The molecule has 2 N–H and O–H groups in total. The number of imide groups is 1. The van der Waals surface area contributed by atoms with Crippen LogP contribution in [0.25, 0.3) is 21.9 Å². The van der Waals surface area contributed by atoms with Gasteiger partial charge in [0.1, 0.15) is 34.4 Å². The summed E-state index contributed by atoms with van der Waals surface area (Å²) in [7, 11) is 3.65. The lowest BCUT2D eigenvalue weighted by Crippen LogP contribution is -2.50. The highest BCUT2D eigenvalue weighted by atomic mass is 19.4. The van der Waals surface area contributed by atoms with Gasteiger partial charge < -0.3 is 15.1 Å². The Morgan fingerprint density at radius 2 is 1.77 bits per heavy atom. The van der Waals surface area contributed by atoms with Crippen molar-refractivity contribution < 1.29 is 31.9 Å². The number of amides is 3. The van der Waals surface area contributed by atoms with Crippen molar-refractivity contribution in [2.24, 2.45) is 7.05 Å². The number of benzene rings is 1. The fourth-order valence-corrected chi connectivity index (χ4v) is 8.65. The van der Waals surface area contributed by atoms with Crippen LogP contribution in [0.3, 0.4) is 0 Å². The molecule has 2 aliphatic heterocycles. The molecule has 14 nitrogen and oxygen atoms in total. The van der Waals surface area contributed by atoms with E-state index in [2.05, 4.69) is 30.4 Å². The zero-order chi connectivity index (χ0) is 40.2. The number of rotatable bonds is 8. The van der Waals surface area contributed by atoms with Crippen molar-refractivity contribution in [1.29, 1.82) is 0 Å². The Balaban J connectivity index is 0.863. The average Bonchev–Trinajstić information content (AvgIpc) is 3.72. The number of nitrogens with one attached hydrogen (secondary N) is 2. The van der Waals surface area contributed by atoms with Gasteiger partial charge in [0, 0.05) is 63.6 Å². The van der Waals surface area contributed by atoms with Crippen LogP contribution in [0.1, 0.15) is 79.6 Å². The fraction of sp³-hybridized carbons (Fsp3) is 0.462. The molecule has 4 aromatic heterocycles. The predicted molar refractivity (Wildman–Crippen MR) is 203 cm³/mol. The third kappa shape index (κ3) is 7.49. The Morgan fingerprint density at radius 3 is 2.49 bits per heavy atom. The molecule has 3 fully saturated rings. The van der Waals surface area contributed by atoms with Gasteiger partial charge in [-0.1, -0.05) is 12.1 Å². The molecular formula is C39H42F4N10O4. The summed E-state index contributed by atoms with van der Waals surface area (Å²) in [5.41, 5.74) is -0.574. The molecule has 3 amide bonds. The number of para-hydroxylation sites is 1. The number of aryl methyl sites for hydroxylation is 1. The highest BCUT2D eigenvalue weighted by molar-refractivity contribution is 6.03. The number of piperidine rings is 2. The van der Waals surface area contributed by atoms with Gasteiger partial charge in [-0.25, -0.2) is 19.2 Å². The number of pyridine rings is 2. The Hall–Kier alpha value is -5.65. The summed E-state index contributed by atoms with van der Waals surface area (Å²) >= 11 is 0. The van der Waals surface area contributed by atoms with Gasteiger partial charge in [0.05, 0.1) is 29.0 Å². The van der Waals surface area contributed by atoms with Crippen molar-refractivity contribution in [2.45, 2.75) is 81.3 Å². The molecule has 1 atom stereocenters. The van der Waals surface area contributed by atoms with E-state index in [4.69, 9.17) is 5.10 Å². The van der Waals surface area contributed by atoms with Gasteiger partial charge in [-0.2, -0.15) is 18.3 Å². The molecule has 1 unspecified atom stereocenters. The Labute approximate surface area is 323 Å². The minimum Gasteiger partial charge on any atom is -0.370 e. The van der Waals surface area contributed by atoms with Gasteiger partial charge in [0.15, 0.2) is 0 Å². The van der Waals surface area contributed by atoms with Crippen molar-refractivity contribution in [3.8, 4) is 0 Å². The second-order valence-corrected chi connectivity index (χ2v) is 15.4. The average molecular weight is 791 g/mol. The Kier molecular flexibility index (Phi) is 9.86. The van der Waals surface area contributed by atoms with Gasteiger partial charge in [0.2, 0.25) is 11.8 Å². The van der Waals surface area contributed by atoms with E-state index in [9.17, 15) is 32.3 Å². The second-order valence-electron chi connectivity index (χ2n) is 15.4. The highest BCUT2D eigenvalue weighted by Gasteiger charge is 2.39. The van der Waals surface area contributed by atoms with Gasteiger partial charge in [-0.3, -0.25) is 33.5 Å². The summed E-state index contributed by atoms with van der Waals surface area (Å²) < 4.78 is 60.6. The zero-order valence-electron chi connectivity index (χ0n) is 31.4. The number of hydrogen-bond donors (Lipinski definition) is 2. The van der Waals surface area contributed by atoms with Crippen LogP contribution in [0, 0.1) is 0 Å². The van der Waals surface area contributed by atoms with Gasteiger partial charge in [0.25, 0.3) is 5.91 Å². The summed E-state index contributed by atoms with van der Waals surface area (Å²) in [5, 5.41) is 10.3. The van der Waals surface area contributed by atoms with Crippen LogP contribution in [0.5, 0.6) is 0 Å². The summed E-state index contributed by atoms with van der Waals surface area (Å²) in [6.07, 6.45) is 3.10. The monoisotopic (exact) mass is 790 g/mol. The molecule has 1 aromatic carbocycles. The molecule has 2 saturated heterocycles. The van der Waals surface area contributed by atoms with E-state index in [0.29, 0.717) is 54.4 Å². The lowest BCUT2D eigenvalue weighted by atomic mass is 9.88. The number of halogens is 4. The molecule has 1 saturated carbocycles. The first-order chi connectivity index (χ1) is 27.2. The Bertz CT molecular complexity index is 2420. The summed E-state index contributed by atoms with van der Waals surface area (Å²) in [4.78, 5) is 62.4. The number of alkyl halides is 4. The highest BCUT2D eigenvalue weighted by Crippen LogP contribution is 2.37. The molecule has 18 heteroatoms. The van der Waals surface area contributed by atoms with Crippen molar-refractivity contribution in [3.63, 3.8) is 0 Å². The standard InChI is InChI=1S/C39H42F4N10O4/c1-49(22-38(40)15-17-51(18-16-38)28-6-4-7-29-34(28)50(2)37(57)53(29)30-13-14-33(54)47-36(30)56)24-9-11-25(12-10-24)52-21-23-19-32(44-20-27(23)48-52)46-35(55)26-5-3-8-31(45-26)39(41,42)43/h3-8,19-21,24-25,30H,9-18,22H2,1-2H3,(H,46,55)(H,47,54,56). The van der Waals surface area contributed by atoms with Crippen molar-refractivity contribution in [3.05, 3.63) is 76.7 Å². The minimum atomic E-state index is -4.67. The zero-order valence-corrected chi connectivity index (χ0v) is 31.4. The lowest BCUT2D eigenvalue weighted by Gasteiger charge is -2.42. The van der Waals surface area contributed by atoms with Crippen LogP contribution in [0.2, 0.25) is 0 Å². The number of nitrogens with zero attached hydrogens (tertiary/aromatic N) is 8.